The molecular formula is C14H9BrN4O3S. The van der Waals surface area contributed by atoms with Gasteiger partial charge < -0.3 is 10.1 Å². The predicted molar refractivity (Wildman–Crippen MR) is 87.4 cm³/mol. The molecule has 0 saturated heterocycles. The number of carbonyl (C=O) groups is 2. The summed E-state index contributed by atoms with van der Waals surface area (Å²) in [5.74, 6) is -0.160. The molecule has 1 aromatic carbocycles. The van der Waals surface area contributed by atoms with Crippen LogP contribution >= 0.6 is 27.3 Å². The van der Waals surface area contributed by atoms with Crippen molar-refractivity contribution in [1.82, 2.24) is 4.98 Å². The van der Waals surface area contributed by atoms with Crippen LogP contribution in [0.25, 0.3) is 0 Å². The topological polar surface area (TPSA) is 95.3 Å². The number of thiazole rings is 1. The monoisotopic (exact) mass is 392 g/mol. The number of fused-ring (bicyclic) bond motifs is 1. The number of hydrogen-bond donors (Lipinski definition) is 1. The van der Waals surface area contributed by atoms with Crippen molar-refractivity contribution < 1.29 is 14.3 Å². The maximum atomic E-state index is 12.1. The Hall–Kier alpha value is -2.44. The van der Waals surface area contributed by atoms with Gasteiger partial charge in [0.15, 0.2) is 11.7 Å². The fourth-order valence-corrected chi connectivity index (χ4v) is 3.01. The number of aromatic nitrogens is 1. The number of rotatable bonds is 3. The third kappa shape index (κ3) is 3.33. The summed E-state index contributed by atoms with van der Waals surface area (Å²) in [6, 6.07) is 7.17. The number of amides is 2. The number of anilines is 2. The van der Waals surface area contributed by atoms with Crippen molar-refractivity contribution in [1.29, 1.82) is 5.26 Å². The maximum Gasteiger partial charge on any atom is 0.265 e. The zero-order chi connectivity index (χ0) is 16.4. The number of hydrogen-bond acceptors (Lipinski definition) is 6. The number of ether oxygens (including phenoxy) is 1. The molecule has 0 bridgehead atoms. The molecule has 1 aliphatic heterocycles. The molecule has 1 N–H and O–H groups in total. The van der Waals surface area contributed by atoms with Gasteiger partial charge in [-0.3, -0.25) is 14.5 Å². The van der Waals surface area contributed by atoms with Gasteiger partial charge in [-0.2, -0.15) is 5.26 Å². The van der Waals surface area contributed by atoms with Crippen molar-refractivity contribution in [3.8, 4) is 11.8 Å². The summed E-state index contributed by atoms with van der Waals surface area (Å²) in [5.41, 5.74) is 0.538. The van der Waals surface area contributed by atoms with Crippen LogP contribution in [0.15, 0.2) is 28.9 Å². The summed E-state index contributed by atoms with van der Waals surface area (Å²) < 4.78 is 6.19. The van der Waals surface area contributed by atoms with E-state index in [4.69, 9.17) is 10.00 Å². The summed E-state index contributed by atoms with van der Waals surface area (Å²) in [7, 11) is 0. The zero-order valence-electron chi connectivity index (χ0n) is 11.6. The first-order valence-electron chi connectivity index (χ1n) is 6.45. The van der Waals surface area contributed by atoms with E-state index in [2.05, 4.69) is 26.2 Å². The molecule has 0 atom stereocenters. The van der Waals surface area contributed by atoms with E-state index >= 15 is 0 Å². The highest BCUT2D eigenvalue weighted by atomic mass is 79.9. The first-order chi connectivity index (χ1) is 11.1. The van der Waals surface area contributed by atoms with Gasteiger partial charge in [0.25, 0.3) is 5.91 Å². The lowest BCUT2D eigenvalue weighted by Gasteiger charge is -2.28. The average Bonchev–Trinajstić information content (AvgIpc) is 2.97. The van der Waals surface area contributed by atoms with E-state index in [9.17, 15) is 9.59 Å². The lowest BCUT2D eigenvalue weighted by atomic mass is 10.2. The molecule has 3 rings (SSSR count). The van der Waals surface area contributed by atoms with Crippen molar-refractivity contribution in [3.05, 3.63) is 33.7 Å². The molecule has 23 heavy (non-hydrogen) atoms. The predicted octanol–water partition coefficient (Wildman–Crippen LogP) is 2.14. The van der Waals surface area contributed by atoms with Gasteiger partial charge in [0.05, 0.1) is 11.9 Å². The number of nitrogens with zero attached hydrogens (tertiary/aromatic N) is 3. The number of benzene rings is 1. The Bertz CT molecular complexity index is 830. The molecule has 0 saturated carbocycles. The van der Waals surface area contributed by atoms with Crippen molar-refractivity contribution in [3.63, 3.8) is 0 Å². The fourth-order valence-electron chi connectivity index (χ4n) is 2.04. The van der Waals surface area contributed by atoms with Gasteiger partial charge in [0.1, 0.15) is 23.2 Å². The third-order valence-electron chi connectivity index (χ3n) is 3.03. The molecule has 9 heteroatoms. The van der Waals surface area contributed by atoms with Crippen molar-refractivity contribution in [2.75, 3.05) is 23.4 Å². The number of nitriles is 1. The summed E-state index contributed by atoms with van der Waals surface area (Å²) in [6.45, 7) is -0.273. The standard InChI is InChI=1S/C14H9BrN4O3S/c15-8-1-2-10-11(3-8)22-7-13(21)19(10)6-12(20)18-14-17-5-9(4-16)23-14/h1-3,5H,6-7H2,(H,17,18,20). The van der Waals surface area contributed by atoms with Gasteiger partial charge in [-0.1, -0.05) is 27.3 Å². The summed E-state index contributed by atoms with van der Waals surface area (Å²) in [6.07, 6.45) is 1.38. The van der Waals surface area contributed by atoms with Crippen LogP contribution in [-0.4, -0.2) is 29.9 Å². The summed E-state index contributed by atoms with van der Waals surface area (Å²) in [4.78, 5) is 29.8. The lowest BCUT2D eigenvalue weighted by molar-refractivity contribution is -0.123. The molecule has 0 spiro atoms. The second-order valence-corrected chi connectivity index (χ2v) is 6.52. The Labute approximate surface area is 143 Å². The Morgan fingerprint density at radius 1 is 1.57 bits per heavy atom. The van der Waals surface area contributed by atoms with Gasteiger partial charge in [0, 0.05) is 4.47 Å². The minimum atomic E-state index is -0.395. The SMILES string of the molecule is N#Cc1cnc(NC(=O)CN2C(=O)COc3cc(Br)ccc32)s1. The van der Waals surface area contributed by atoms with E-state index in [1.165, 1.54) is 11.1 Å². The summed E-state index contributed by atoms with van der Waals surface area (Å²) in [5, 5.41) is 11.7. The third-order valence-corrected chi connectivity index (χ3v) is 4.34. The van der Waals surface area contributed by atoms with Gasteiger partial charge >= 0.3 is 0 Å². The molecule has 0 radical (unpaired) electrons. The highest BCUT2D eigenvalue weighted by molar-refractivity contribution is 9.10. The Kier molecular flexibility index (Phi) is 4.27. The van der Waals surface area contributed by atoms with E-state index in [-0.39, 0.29) is 19.1 Å². The molecule has 0 aliphatic carbocycles. The van der Waals surface area contributed by atoms with E-state index in [1.54, 1.807) is 18.2 Å². The lowest BCUT2D eigenvalue weighted by Crippen LogP contribution is -2.43. The van der Waals surface area contributed by atoms with Crippen LogP contribution in [-0.2, 0) is 9.59 Å². The van der Waals surface area contributed by atoms with E-state index in [0.29, 0.717) is 21.4 Å². The van der Waals surface area contributed by atoms with Crippen molar-refractivity contribution in [2.24, 2.45) is 0 Å². The molecule has 1 aliphatic rings. The molecule has 1 aromatic heterocycles. The van der Waals surface area contributed by atoms with Crippen LogP contribution in [0.1, 0.15) is 4.88 Å². The Balaban J connectivity index is 1.75. The maximum absolute atomic E-state index is 12.1. The largest absolute Gasteiger partial charge is 0.482 e. The second-order valence-electron chi connectivity index (χ2n) is 4.57. The van der Waals surface area contributed by atoms with Crippen LogP contribution in [0.4, 0.5) is 10.8 Å². The van der Waals surface area contributed by atoms with Gasteiger partial charge in [-0.25, -0.2) is 4.98 Å². The number of carbonyl (C=O) groups excluding carboxylic acids is 2. The van der Waals surface area contributed by atoms with Crippen LogP contribution in [0.2, 0.25) is 0 Å². The van der Waals surface area contributed by atoms with Crippen molar-refractivity contribution in [2.45, 2.75) is 0 Å². The normalized spacial score (nSPS) is 13.0. The molecule has 2 heterocycles. The zero-order valence-corrected chi connectivity index (χ0v) is 14.0. The number of nitrogens with one attached hydrogen (secondary N) is 1. The van der Waals surface area contributed by atoms with Gasteiger partial charge in [0.2, 0.25) is 5.91 Å². The quantitative estimate of drug-likeness (QED) is 0.862. The van der Waals surface area contributed by atoms with E-state index < -0.39 is 5.91 Å². The molecule has 0 fully saturated rings. The van der Waals surface area contributed by atoms with Gasteiger partial charge in [-0.15, -0.1) is 0 Å². The van der Waals surface area contributed by atoms with Gasteiger partial charge in [-0.05, 0) is 18.2 Å². The molecule has 0 unspecified atom stereocenters. The minimum absolute atomic E-state index is 0.118. The Morgan fingerprint density at radius 3 is 3.13 bits per heavy atom. The number of halogens is 1. The first kappa shape index (κ1) is 15.5. The average molecular weight is 393 g/mol. The summed E-state index contributed by atoms with van der Waals surface area (Å²) >= 11 is 4.41. The molecule has 7 nitrogen and oxygen atoms in total. The Morgan fingerprint density at radius 2 is 2.39 bits per heavy atom. The van der Waals surface area contributed by atoms with Crippen LogP contribution in [0.3, 0.4) is 0 Å². The smallest absolute Gasteiger partial charge is 0.265 e. The van der Waals surface area contributed by atoms with Crippen LogP contribution in [0.5, 0.6) is 5.75 Å². The minimum Gasteiger partial charge on any atom is -0.482 e. The van der Waals surface area contributed by atoms with E-state index in [0.717, 1.165) is 15.8 Å². The first-order valence-corrected chi connectivity index (χ1v) is 8.06. The molecule has 116 valence electrons. The highest BCUT2D eigenvalue weighted by Crippen LogP contribution is 2.34. The van der Waals surface area contributed by atoms with Crippen LogP contribution < -0.4 is 15.0 Å². The molecular weight excluding hydrogens is 384 g/mol. The molecule has 2 aromatic rings. The second kappa shape index (κ2) is 6.36. The van der Waals surface area contributed by atoms with E-state index in [1.807, 2.05) is 6.07 Å². The van der Waals surface area contributed by atoms with Crippen LogP contribution in [0, 0.1) is 11.3 Å². The van der Waals surface area contributed by atoms with Crippen molar-refractivity contribution >= 4 is 49.9 Å². The highest BCUT2D eigenvalue weighted by Gasteiger charge is 2.27. The fraction of sp³-hybridized carbons (Fsp3) is 0.143. The molecule has 2 amide bonds.